The smallest absolute Gasteiger partial charge is 0.273 e. The normalized spacial score (nSPS) is 12.2. The first-order valence-electron chi connectivity index (χ1n) is 8.37. The third kappa shape index (κ3) is 4.72. The van der Waals surface area contributed by atoms with E-state index in [2.05, 4.69) is 10.5 Å². The van der Waals surface area contributed by atoms with E-state index in [4.69, 9.17) is 16.1 Å². The second-order valence-electron chi connectivity index (χ2n) is 6.32. The predicted octanol–water partition coefficient (Wildman–Crippen LogP) is 4.17. The van der Waals surface area contributed by atoms with Crippen LogP contribution < -0.4 is 5.32 Å². The maximum absolute atomic E-state index is 13.1. The first-order chi connectivity index (χ1) is 12.9. The quantitative estimate of drug-likeness (QED) is 0.689. The molecule has 1 N–H and O–H groups in total. The maximum Gasteiger partial charge on any atom is 0.273 e. The molecule has 3 rings (SSSR count). The van der Waals surface area contributed by atoms with Gasteiger partial charge in [-0.1, -0.05) is 28.9 Å². The van der Waals surface area contributed by atoms with Gasteiger partial charge in [0.2, 0.25) is 0 Å². The van der Waals surface area contributed by atoms with E-state index in [0.29, 0.717) is 17.3 Å². The zero-order valence-corrected chi connectivity index (χ0v) is 15.7. The van der Waals surface area contributed by atoms with Crippen molar-refractivity contribution in [2.24, 2.45) is 0 Å². The van der Waals surface area contributed by atoms with Crippen LogP contribution in [0.5, 0.6) is 0 Å². The molecule has 0 aliphatic heterocycles. The number of hydrogen-bond donors (Lipinski definition) is 1. The Balaban J connectivity index is 1.67. The third-order valence-corrected chi connectivity index (χ3v) is 4.46. The molecule has 0 saturated carbocycles. The minimum atomic E-state index is -0.340. The van der Waals surface area contributed by atoms with E-state index in [1.54, 1.807) is 42.5 Å². The van der Waals surface area contributed by atoms with Crippen molar-refractivity contribution in [2.45, 2.75) is 6.04 Å². The summed E-state index contributed by atoms with van der Waals surface area (Å²) in [6.45, 7) is 0.348. The van der Waals surface area contributed by atoms with E-state index in [9.17, 15) is 9.18 Å². The Labute approximate surface area is 161 Å². The molecule has 1 aromatic heterocycles. The zero-order chi connectivity index (χ0) is 19.4. The molecular weight excluding hydrogens is 369 g/mol. The number of nitrogens with one attached hydrogen (secondary N) is 1. The molecule has 0 unspecified atom stereocenters. The van der Waals surface area contributed by atoms with Crippen LogP contribution in [0.15, 0.2) is 59.1 Å². The molecule has 0 aliphatic rings. The van der Waals surface area contributed by atoms with E-state index in [1.807, 2.05) is 19.0 Å². The lowest BCUT2D eigenvalue weighted by Gasteiger charge is -2.25. The van der Waals surface area contributed by atoms with Crippen molar-refractivity contribution < 1.29 is 13.7 Å². The standard InChI is InChI=1S/C20H19ClFN3O2/c1-25(2)18(13-5-9-16(22)10-6-13)12-23-20(26)17-11-19(27-24-17)14-3-7-15(21)8-4-14/h3-11,18H,12H2,1-2H3,(H,23,26)/t18-/m1/s1. The van der Waals surface area contributed by atoms with Gasteiger partial charge in [-0.25, -0.2) is 4.39 Å². The van der Waals surface area contributed by atoms with Crippen LogP contribution in [0.4, 0.5) is 4.39 Å². The summed E-state index contributed by atoms with van der Waals surface area (Å²) in [5, 5.41) is 7.31. The number of benzene rings is 2. The molecule has 1 heterocycles. The van der Waals surface area contributed by atoms with Crippen molar-refractivity contribution >= 4 is 17.5 Å². The topological polar surface area (TPSA) is 58.4 Å². The molecule has 0 radical (unpaired) electrons. The second kappa shape index (κ2) is 8.33. The number of carbonyl (C=O) groups is 1. The van der Waals surface area contributed by atoms with Gasteiger partial charge in [-0.15, -0.1) is 0 Å². The van der Waals surface area contributed by atoms with Crippen LogP contribution in [0.2, 0.25) is 5.02 Å². The van der Waals surface area contributed by atoms with Crippen LogP contribution in [0.3, 0.4) is 0 Å². The lowest BCUT2D eigenvalue weighted by Crippen LogP contribution is -2.34. The summed E-state index contributed by atoms with van der Waals surface area (Å²) in [4.78, 5) is 14.4. The lowest BCUT2D eigenvalue weighted by molar-refractivity contribution is 0.0933. The third-order valence-electron chi connectivity index (χ3n) is 4.21. The number of likely N-dealkylation sites (N-methyl/N-ethyl adjacent to an activating group) is 1. The Bertz CT molecular complexity index is 908. The lowest BCUT2D eigenvalue weighted by atomic mass is 10.1. The number of rotatable bonds is 6. The number of carbonyl (C=O) groups excluding carboxylic acids is 1. The molecule has 0 bridgehead atoms. The first-order valence-corrected chi connectivity index (χ1v) is 8.74. The zero-order valence-electron chi connectivity index (χ0n) is 14.9. The van der Waals surface area contributed by atoms with Gasteiger partial charge in [-0.2, -0.15) is 0 Å². The summed E-state index contributed by atoms with van der Waals surface area (Å²) in [5.74, 6) is -0.148. The molecule has 5 nitrogen and oxygen atoms in total. The van der Waals surface area contributed by atoms with Crippen LogP contribution in [0.1, 0.15) is 22.1 Å². The van der Waals surface area contributed by atoms with Crippen molar-refractivity contribution in [2.75, 3.05) is 20.6 Å². The fourth-order valence-electron chi connectivity index (χ4n) is 2.70. The maximum atomic E-state index is 13.1. The number of aromatic nitrogens is 1. The molecule has 0 saturated heterocycles. The minimum Gasteiger partial charge on any atom is -0.355 e. The molecule has 1 amide bonds. The molecule has 0 spiro atoms. The number of halogens is 2. The monoisotopic (exact) mass is 387 g/mol. The predicted molar refractivity (Wildman–Crippen MR) is 102 cm³/mol. The number of nitrogens with zero attached hydrogens (tertiary/aromatic N) is 2. The van der Waals surface area contributed by atoms with Gasteiger partial charge in [-0.3, -0.25) is 4.79 Å². The average Bonchev–Trinajstić information content (AvgIpc) is 3.14. The summed E-state index contributed by atoms with van der Waals surface area (Å²) < 4.78 is 18.4. The van der Waals surface area contributed by atoms with E-state index < -0.39 is 0 Å². The molecule has 1 atom stereocenters. The summed E-state index contributed by atoms with van der Waals surface area (Å²) in [7, 11) is 3.80. The SMILES string of the molecule is CN(C)[C@H](CNC(=O)c1cc(-c2ccc(Cl)cc2)on1)c1ccc(F)cc1. The Morgan fingerprint density at radius 3 is 2.48 bits per heavy atom. The first kappa shape index (κ1) is 19.1. The van der Waals surface area contributed by atoms with Gasteiger partial charge in [0, 0.05) is 23.2 Å². The molecule has 7 heteroatoms. The Kier molecular flexibility index (Phi) is 5.88. The van der Waals surface area contributed by atoms with E-state index >= 15 is 0 Å². The fourth-order valence-corrected chi connectivity index (χ4v) is 2.82. The summed E-state index contributed by atoms with van der Waals surface area (Å²) in [6, 6.07) is 14.8. The van der Waals surface area contributed by atoms with E-state index in [1.165, 1.54) is 12.1 Å². The molecule has 3 aromatic rings. The summed E-state index contributed by atoms with van der Waals surface area (Å²) >= 11 is 5.88. The van der Waals surface area contributed by atoms with Gasteiger partial charge in [0.05, 0.1) is 6.04 Å². The van der Waals surface area contributed by atoms with Crippen LogP contribution >= 0.6 is 11.6 Å². The van der Waals surface area contributed by atoms with Crippen molar-refractivity contribution in [1.29, 1.82) is 0 Å². The van der Waals surface area contributed by atoms with Crippen molar-refractivity contribution in [3.8, 4) is 11.3 Å². The van der Waals surface area contributed by atoms with Crippen molar-refractivity contribution in [3.05, 3.63) is 76.7 Å². The summed E-state index contributed by atoms with van der Waals surface area (Å²) in [5.41, 5.74) is 1.88. The highest BCUT2D eigenvalue weighted by Crippen LogP contribution is 2.22. The van der Waals surface area contributed by atoms with E-state index in [0.717, 1.165) is 11.1 Å². The molecule has 0 aliphatic carbocycles. The van der Waals surface area contributed by atoms with Crippen LogP contribution in [-0.4, -0.2) is 36.6 Å². The molecule has 140 valence electrons. The number of hydrogen-bond acceptors (Lipinski definition) is 4. The van der Waals surface area contributed by atoms with Crippen molar-refractivity contribution in [3.63, 3.8) is 0 Å². The Hall–Kier alpha value is -2.70. The van der Waals surface area contributed by atoms with Gasteiger partial charge < -0.3 is 14.7 Å². The highest BCUT2D eigenvalue weighted by Gasteiger charge is 2.18. The average molecular weight is 388 g/mol. The highest BCUT2D eigenvalue weighted by molar-refractivity contribution is 6.30. The van der Waals surface area contributed by atoms with Gasteiger partial charge in [-0.05, 0) is 56.1 Å². The molecule has 27 heavy (non-hydrogen) atoms. The molecular formula is C20H19ClFN3O2. The minimum absolute atomic E-state index is 0.0998. The van der Waals surface area contributed by atoms with Gasteiger partial charge >= 0.3 is 0 Å². The Morgan fingerprint density at radius 1 is 1.19 bits per heavy atom. The van der Waals surface area contributed by atoms with Crippen LogP contribution in [0, 0.1) is 5.82 Å². The van der Waals surface area contributed by atoms with Crippen molar-refractivity contribution in [1.82, 2.24) is 15.4 Å². The van der Waals surface area contributed by atoms with Gasteiger partial charge in [0.25, 0.3) is 5.91 Å². The largest absolute Gasteiger partial charge is 0.355 e. The van der Waals surface area contributed by atoms with Crippen LogP contribution in [-0.2, 0) is 0 Å². The van der Waals surface area contributed by atoms with Gasteiger partial charge in [0.15, 0.2) is 11.5 Å². The van der Waals surface area contributed by atoms with E-state index in [-0.39, 0.29) is 23.5 Å². The summed E-state index contributed by atoms with van der Waals surface area (Å²) in [6.07, 6.45) is 0. The van der Waals surface area contributed by atoms with Gasteiger partial charge in [0.1, 0.15) is 5.82 Å². The molecule has 0 fully saturated rings. The second-order valence-corrected chi connectivity index (χ2v) is 6.76. The fraction of sp³-hybridized carbons (Fsp3) is 0.200. The number of amides is 1. The highest BCUT2D eigenvalue weighted by atomic mass is 35.5. The molecule has 2 aromatic carbocycles. The van der Waals surface area contributed by atoms with Crippen LogP contribution in [0.25, 0.3) is 11.3 Å². The Morgan fingerprint density at radius 2 is 1.85 bits per heavy atom.